The van der Waals surface area contributed by atoms with Crippen LogP contribution in [0.15, 0.2) is 87.1 Å². The van der Waals surface area contributed by atoms with Crippen LogP contribution in [-0.4, -0.2) is 33.9 Å². The molecule has 0 bridgehead atoms. The smallest absolute Gasteiger partial charge is 0.264 e. The number of anilines is 3. The van der Waals surface area contributed by atoms with E-state index in [1.807, 2.05) is 19.1 Å². The van der Waals surface area contributed by atoms with Gasteiger partial charge in [-0.15, -0.1) is 0 Å². The number of rotatable bonds is 7. The summed E-state index contributed by atoms with van der Waals surface area (Å²) in [5, 5.41) is 6.42. The number of benzene rings is 3. The lowest BCUT2D eigenvalue weighted by Gasteiger charge is -2.24. The van der Waals surface area contributed by atoms with Gasteiger partial charge in [0.1, 0.15) is 0 Å². The first-order valence-corrected chi connectivity index (χ1v) is 15.0. The molecule has 0 radical (unpaired) electrons. The van der Waals surface area contributed by atoms with Gasteiger partial charge in [-0.2, -0.15) is 0 Å². The normalized spacial score (nSPS) is 15.2. The Kier molecular flexibility index (Phi) is 6.69. The summed E-state index contributed by atoms with van der Waals surface area (Å²) in [6, 6.07) is 18.5. The van der Waals surface area contributed by atoms with Crippen LogP contribution in [0.2, 0.25) is 0 Å². The van der Waals surface area contributed by atoms with E-state index in [1.54, 1.807) is 26.0 Å². The van der Waals surface area contributed by atoms with Crippen molar-refractivity contribution >= 4 is 43.2 Å². The Balaban J connectivity index is 1.33. The third kappa shape index (κ3) is 5.00. The van der Waals surface area contributed by atoms with Crippen molar-refractivity contribution in [2.75, 3.05) is 14.3 Å². The fraction of sp³-hybridized carbons (Fsp3) is 0.185. The predicted molar refractivity (Wildman–Crippen MR) is 147 cm³/mol. The average Bonchev–Trinajstić information content (AvgIpc) is 3.42. The van der Waals surface area contributed by atoms with Crippen molar-refractivity contribution in [2.24, 2.45) is 0 Å². The minimum absolute atomic E-state index is 0.00386. The Hall–Kier alpha value is -4.16. The molecular formula is C27H26N4O6S2. The molecule has 2 heterocycles. The highest BCUT2D eigenvalue weighted by Crippen LogP contribution is 2.36. The molecule has 1 aromatic heterocycles. The summed E-state index contributed by atoms with van der Waals surface area (Å²) in [6.45, 7) is 5.24. The molecule has 10 nitrogen and oxygen atoms in total. The lowest BCUT2D eigenvalue weighted by atomic mass is 10.1. The van der Waals surface area contributed by atoms with E-state index in [2.05, 4.69) is 15.2 Å². The van der Waals surface area contributed by atoms with E-state index in [1.165, 1.54) is 52.8 Å². The maximum atomic E-state index is 13.5. The molecule has 1 aliphatic rings. The minimum atomic E-state index is -3.94. The molecular weight excluding hydrogens is 540 g/mol. The Morgan fingerprint density at radius 1 is 0.949 bits per heavy atom. The van der Waals surface area contributed by atoms with E-state index in [-0.39, 0.29) is 27.3 Å². The maximum absolute atomic E-state index is 13.5. The minimum Gasteiger partial charge on any atom is -0.337 e. The number of hydrogen-bond donors (Lipinski definition) is 2. The van der Waals surface area contributed by atoms with Crippen molar-refractivity contribution < 1.29 is 26.2 Å². The molecule has 0 aliphatic carbocycles. The lowest BCUT2D eigenvalue weighted by molar-refractivity contribution is 0.102. The summed E-state index contributed by atoms with van der Waals surface area (Å²) in [5.74, 6) is -0.505. The van der Waals surface area contributed by atoms with Crippen molar-refractivity contribution in [3.63, 3.8) is 0 Å². The van der Waals surface area contributed by atoms with Crippen LogP contribution in [-0.2, 0) is 26.5 Å². The zero-order valence-corrected chi connectivity index (χ0v) is 23.0. The van der Waals surface area contributed by atoms with Crippen LogP contribution >= 0.6 is 0 Å². The number of aryl methyl sites for hydroxylation is 1. The lowest BCUT2D eigenvalue weighted by Crippen LogP contribution is -2.35. The molecule has 2 N–H and O–H groups in total. The van der Waals surface area contributed by atoms with E-state index < -0.39 is 26.0 Å². The van der Waals surface area contributed by atoms with Crippen molar-refractivity contribution in [1.29, 1.82) is 0 Å². The number of aromatic nitrogens is 1. The molecule has 3 aromatic carbocycles. The number of nitrogens with zero attached hydrogens (tertiary/aromatic N) is 2. The van der Waals surface area contributed by atoms with Crippen LogP contribution in [0.4, 0.5) is 17.3 Å². The molecule has 202 valence electrons. The summed E-state index contributed by atoms with van der Waals surface area (Å²) in [7, 11) is -7.86. The highest BCUT2D eigenvalue weighted by molar-refractivity contribution is 7.93. The Morgan fingerprint density at radius 2 is 1.67 bits per heavy atom. The molecule has 1 amide bonds. The second-order valence-corrected chi connectivity index (χ2v) is 12.8. The SMILES string of the molecule is Cc1noc(NS(=O)(=O)c2ccc(NC(=O)c3cccc(S(=O)(=O)N4c5ccccc5C[C@H]4C)c3)cc2)c1C. The highest BCUT2D eigenvalue weighted by atomic mass is 32.2. The Labute approximate surface area is 226 Å². The van der Waals surface area contributed by atoms with Crippen LogP contribution in [0.3, 0.4) is 0 Å². The quantitative estimate of drug-likeness (QED) is 0.336. The first kappa shape index (κ1) is 26.4. The molecule has 5 rings (SSSR count). The Morgan fingerprint density at radius 3 is 2.36 bits per heavy atom. The number of fused-ring (bicyclic) bond motifs is 1. The van der Waals surface area contributed by atoms with Gasteiger partial charge in [0.25, 0.3) is 26.0 Å². The second kappa shape index (κ2) is 9.86. The number of sulfonamides is 2. The van der Waals surface area contributed by atoms with Gasteiger partial charge in [-0.05, 0) is 81.3 Å². The largest absolute Gasteiger partial charge is 0.337 e. The number of hydrogen-bond acceptors (Lipinski definition) is 7. The molecule has 4 aromatic rings. The zero-order chi connectivity index (χ0) is 27.9. The van der Waals surface area contributed by atoms with Crippen LogP contribution in [0.25, 0.3) is 0 Å². The van der Waals surface area contributed by atoms with E-state index in [9.17, 15) is 21.6 Å². The van der Waals surface area contributed by atoms with E-state index in [4.69, 9.17) is 4.52 Å². The van der Waals surface area contributed by atoms with Gasteiger partial charge in [0, 0.05) is 22.9 Å². The number of nitrogens with one attached hydrogen (secondary N) is 2. The molecule has 39 heavy (non-hydrogen) atoms. The molecule has 0 spiro atoms. The number of amides is 1. The topological polar surface area (TPSA) is 139 Å². The van der Waals surface area contributed by atoms with Gasteiger partial charge >= 0.3 is 0 Å². The maximum Gasteiger partial charge on any atom is 0.264 e. The van der Waals surface area contributed by atoms with E-state index >= 15 is 0 Å². The van der Waals surface area contributed by atoms with Gasteiger partial charge in [0.05, 0.1) is 21.2 Å². The first-order chi connectivity index (χ1) is 18.5. The third-order valence-corrected chi connectivity index (χ3v) is 9.88. The molecule has 1 aliphatic heterocycles. The van der Waals surface area contributed by atoms with Crippen molar-refractivity contribution in [1.82, 2.24) is 5.16 Å². The highest BCUT2D eigenvalue weighted by Gasteiger charge is 2.36. The first-order valence-electron chi connectivity index (χ1n) is 12.1. The molecule has 1 atom stereocenters. The molecule has 0 unspecified atom stereocenters. The molecule has 12 heteroatoms. The third-order valence-electron chi connectivity index (χ3n) is 6.60. The van der Waals surface area contributed by atoms with Gasteiger partial charge in [-0.3, -0.25) is 9.10 Å². The number of carbonyl (C=O) groups is 1. The predicted octanol–water partition coefficient (Wildman–Crippen LogP) is 4.48. The monoisotopic (exact) mass is 566 g/mol. The van der Waals surface area contributed by atoms with Gasteiger partial charge in [-0.25, -0.2) is 21.6 Å². The average molecular weight is 567 g/mol. The van der Waals surface area contributed by atoms with E-state index in [0.717, 1.165) is 5.56 Å². The van der Waals surface area contributed by atoms with Gasteiger partial charge < -0.3 is 9.84 Å². The fourth-order valence-electron chi connectivity index (χ4n) is 4.43. The van der Waals surface area contributed by atoms with Gasteiger partial charge in [0.15, 0.2) is 0 Å². The van der Waals surface area contributed by atoms with Crippen molar-refractivity contribution in [3.05, 3.63) is 95.2 Å². The zero-order valence-electron chi connectivity index (χ0n) is 21.4. The summed E-state index contributed by atoms with van der Waals surface area (Å²) >= 11 is 0. The van der Waals surface area contributed by atoms with Crippen molar-refractivity contribution in [3.8, 4) is 0 Å². The number of carbonyl (C=O) groups excluding carboxylic acids is 1. The summed E-state index contributed by atoms with van der Waals surface area (Å²) in [6.07, 6.45) is 0.606. The number of para-hydroxylation sites is 1. The van der Waals surface area contributed by atoms with Crippen molar-refractivity contribution in [2.45, 2.75) is 43.0 Å². The van der Waals surface area contributed by atoms with Gasteiger partial charge in [0.2, 0.25) is 5.88 Å². The molecule has 0 fully saturated rings. The van der Waals surface area contributed by atoms with Crippen LogP contribution in [0.5, 0.6) is 0 Å². The Bertz CT molecular complexity index is 1780. The summed E-state index contributed by atoms with van der Waals surface area (Å²) in [4.78, 5) is 12.9. The molecule has 0 saturated carbocycles. The standard InChI is InChI=1S/C27H26N4O6S2/c1-17-15-20-7-4-5-10-25(20)31(17)39(35,36)24-9-6-8-21(16-24)26(32)28-22-11-13-23(14-12-22)38(33,34)30-27-18(2)19(3)29-37-27/h4-14,16-17,30H,15H2,1-3H3,(H,28,32)/t17-/m1/s1. The fourth-order valence-corrected chi connectivity index (χ4v) is 7.21. The molecule has 0 saturated heterocycles. The van der Waals surface area contributed by atoms with Gasteiger partial charge in [-0.1, -0.05) is 29.4 Å². The van der Waals surface area contributed by atoms with Crippen LogP contribution in [0.1, 0.15) is 34.1 Å². The second-order valence-electron chi connectivity index (χ2n) is 9.32. The summed E-state index contributed by atoms with van der Waals surface area (Å²) < 4.78 is 61.3. The van der Waals surface area contributed by atoms with E-state index in [0.29, 0.717) is 29.1 Å². The summed E-state index contributed by atoms with van der Waals surface area (Å²) in [5.41, 5.74) is 3.22. The van der Waals surface area contributed by atoms with Crippen LogP contribution < -0.4 is 14.3 Å². The van der Waals surface area contributed by atoms with Crippen LogP contribution in [0, 0.1) is 13.8 Å².